The molecule has 0 amide bonds. The van der Waals surface area contributed by atoms with E-state index in [1.165, 1.54) is 15.0 Å². The Morgan fingerprint density at radius 2 is 2.29 bits per heavy atom. The van der Waals surface area contributed by atoms with Crippen molar-refractivity contribution in [2.45, 2.75) is 10.8 Å². The van der Waals surface area contributed by atoms with Gasteiger partial charge in [-0.05, 0) is 29.2 Å². The first-order chi connectivity index (χ1) is 6.77. The van der Waals surface area contributed by atoms with E-state index in [1.807, 2.05) is 6.07 Å². The average Bonchev–Trinajstić information content (AvgIpc) is 2.62. The molecule has 0 bridgehead atoms. The van der Waals surface area contributed by atoms with Gasteiger partial charge in [0.15, 0.2) is 0 Å². The van der Waals surface area contributed by atoms with E-state index in [1.54, 1.807) is 23.1 Å². The summed E-state index contributed by atoms with van der Waals surface area (Å²) < 4.78 is 1.29. The molecule has 0 N–H and O–H groups in total. The summed E-state index contributed by atoms with van der Waals surface area (Å²) in [4.78, 5) is 1.22. The Morgan fingerprint density at radius 3 is 2.93 bits per heavy atom. The van der Waals surface area contributed by atoms with Gasteiger partial charge in [-0.15, -0.1) is 34.7 Å². The number of halogens is 2. The van der Waals surface area contributed by atoms with E-state index in [0.29, 0.717) is 5.88 Å². The lowest BCUT2D eigenvalue weighted by atomic mass is 10.2. The summed E-state index contributed by atoms with van der Waals surface area (Å²) in [6.45, 7) is 0. The number of hydrogen-bond donors (Lipinski definition) is 0. The maximum absolute atomic E-state index is 6.15. The van der Waals surface area contributed by atoms with Gasteiger partial charge < -0.3 is 0 Å². The molecular formula is C10H8Cl2S2. The summed E-state index contributed by atoms with van der Waals surface area (Å²) in [5.74, 6) is 0.475. The molecule has 2 aromatic rings. The molecule has 0 aliphatic heterocycles. The van der Waals surface area contributed by atoms with Crippen LogP contribution in [-0.2, 0) is 5.88 Å². The number of hydrogen-bond acceptors (Lipinski definition) is 2. The van der Waals surface area contributed by atoms with E-state index in [9.17, 15) is 0 Å². The fourth-order valence-corrected chi connectivity index (χ4v) is 4.16. The highest BCUT2D eigenvalue weighted by Gasteiger charge is 2.11. The smallest absolute Gasteiger partial charge is 0.0500 e. The molecule has 1 aromatic carbocycles. The maximum Gasteiger partial charge on any atom is 0.0500 e. The Balaban J connectivity index is 2.82. The lowest BCUT2D eigenvalue weighted by Gasteiger charge is -2.07. The van der Waals surface area contributed by atoms with Gasteiger partial charge in [0.25, 0.3) is 0 Å². The molecule has 1 aromatic heterocycles. The number of rotatable bonds is 2. The first kappa shape index (κ1) is 10.6. The highest BCUT2D eigenvalue weighted by Crippen LogP contribution is 2.38. The monoisotopic (exact) mass is 262 g/mol. The topological polar surface area (TPSA) is 0 Å². The molecule has 0 nitrogen and oxygen atoms in total. The van der Waals surface area contributed by atoms with Crippen LogP contribution in [0.3, 0.4) is 0 Å². The fraction of sp³-hybridized carbons (Fsp3) is 0.200. The average molecular weight is 263 g/mol. The molecule has 0 spiro atoms. The van der Waals surface area contributed by atoms with Gasteiger partial charge in [0.05, 0.1) is 0 Å². The summed E-state index contributed by atoms with van der Waals surface area (Å²) in [5, 5.41) is 4.06. The minimum atomic E-state index is 0.475. The number of alkyl halides is 1. The lowest BCUT2D eigenvalue weighted by molar-refractivity contribution is 1.31. The number of fused-ring (bicyclic) bond motifs is 1. The van der Waals surface area contributed by atoms with Crippen LogP contribution >= 0.6 is 46.3 Å². The van der Waals surface area contributed by atoms with Gasteiger partial charge in [-0.3, -0.25) is 0 Å². The van der Waals surface area contributed by atoms with Gasteiger partial charge >= 0.3 is 0 Å². The molecule has 74 valence electrons. The molecular weight excluding hydrogens is 255 g/mol. The molecule has 0 aliphatic carbocycles. The van der Waals surface area contributed by atoms with Crippen LogP contribution in [0.1, 0.15) is 5.56 Å². The van der Waals surface area contributed by atoms with Crippen LogP contribution in [0.5, 0.6) is 0 Å². The van der Waals surface area contributed by atoms with Crippen molar-refractivity contribution in [1.29, 1.82) is 0 Å². The predicted octanol–water partition coefficient (Wildman–Crippen LogP) is 5.02. The SMILES string of the molecule is CSc1c(CCl)c(Cl)cc2ccsc12. The first-order valence-corrected chi connectivity index (χ1v) is 7.08. The molecule has 0 saturated carbocycles. The second-order valence-electron chi connectivity index (χ2n) is 2.84. The van der Waals surface area contributed by atoms with Gasteiger partial charge in [-0.25, -0.2) is 0 Å². The Hall–Kier alpha value is 0.110. The third-order valence-electron chi connectivity index (χ3n) is 2.08. The second-order valence-corrected chi connectivity index (χ2v) is 5.25. The lowest BCUT2D eigenvalue weighted by Crippen LogP contribution is -1.85. The van der Waals surface area contributed by atoms with E-state index in [2.05, 4.69) is 17.7 Å². The summed E-state index contributed by atoms with van der Waals surface area (Å²) in [6.07, 6.45) is 2.06. The van der Waals surface area contributed by atoms with Crippen molar-refractivity contribution in [2.24, 2.45) is 0 Å². The Morgan fingerprint density at radius 1 is 1.50 bits per heavy atom. The molecule has 1 heterocycles. The number of thioether (sulfide) groups is 1. The fourth-order valence-electron chi connectivity index (χ4n) is 1.43. The van der Waals surface area contributed by atoms with Crippen molar-refractivity contribution >= 4 is 56.4 Å². The van der Waals surface area contributed by atoms with Gasteiger partial charge in [0, 0.05) is 26.1 Å². The van der Waals surface area contributed by atoms with Crippen molar-refractivity contribution in [3.8, 4) is 0 Å². The van der Waals surface area contributed by atoms with E-state index in [4.69, 9.17) is 23.2 Å². The molecule has 0 atom stereocenters. The molecule has 0 aliphatic rings. The number of thiophene rings is 1. The van der Waals surface area contributed by atoms with Crippen LogP contribution in [0.15, 0.2) is 22.4 Å². The zero-order valence-electron chi connectivity index (χ0n) is 7.51. The van der Waals surface area contributed by atoms with Crippen LogP contribution in [0.25, 0.3) is 10.1 Å². The van der Waals surface area contributed by atoms with E-state index in [-0.39, 0.29) is 0 Å². The van der Waals surface area contributed by atoms with Crippen LogP contribution < -0.4 is 0 Å². The highest BCUT2D eigenvalue weighted by molar-refractivity contribution is 7.99. The third-order valence-corrected chi connectivity index (χ3v) is 4.62. The van der Waals surface area contributed by atoms with Gasteiger partial charge in [-0.1, -0.05) is 11.6 Å². The van der Waals surface area contributed by atoms with Crippen molar-refractivity contribution in [1.82, 2.24) is 0 Å². The summed E-state index contributed by atoms with van der Waals surface area (Å²) >= 11 is 15.5. The van der Waals surface area contributed by atoms with Crippen molar-refractivity contribution in [3.63, 3.8) is 0 Å². The van der Waals surface area contributed by atoms with Gasteiger partial charge in [0.2, 0.25) is 0 Å². The first-order valence-electron chi connectivity index (χ1n) is 4.06. The van der Waals surface area contributed by atoms with Crippen LogP contribution in [0.2, 0.25) is 5.02 Å². The van der Waals surface area contributed by atoms with Crippen LogP contribution in [0.4, 0.5) is 0 Å². The molecule has 2 rings (SSSR count). The van der Waals surface area contributed by atoms with E-state index < -0.39 is 0 Å². The molecule has 4 heteroatoms. The molecule has 14 heavy (non-hydrogen) atoms. The van der Waals surface area contributed by atoms with Crippen molar-refractivity contribution < 1.29 is 0 Å². The van der Waals surface area contributed by atoms with Crippen molar-refractivity contribution in [3.05, 3.63) is 28.1 Å². The van der Waals surface area contributed by atoms with E-state index >= 15 is 0 Å². The zero-order valence-corrected chi connectivity index (χ0v) is 10.7. The van der Waals surface area contributed by atoms with Crippen LogP contribution in [0, 0.1) is 0 Å². The highest BCUT2D eigenvalue weighted by atomic mass is 35.5. The molecule has 0 fully saturated rings. The normalized spacial score (nSPS) is 11.1. The predicted molar refractivity (Wildman–Crippen MR) is 68.2 cm³/mol. The van der Waals surface area contributed by atoms with Gasteiger partial charge in [0.1, 0.15) is 0 Å². The zero-order chi connectivity index (χ0) is 10.1. The maximum atomic E-state index is 6.15. The molecule has 0 unspecified atom stereocenters. The van der Waals surface area contributed by atoms with Gasteiger partial charge in [-0.2, -0.15) is 0 Å². The third kappa shape index (κ3) is 1.65. The Bertz CT molecular complexity index is 462. The van der Waals surface area contributed by atoms with E-state index in [0.717, 1.165) is 10.6 Å². The molecule has 0 radical (unpaired) electrons. The summed E-state index contributed by atoms with van der Waals surface area (Å²) in [6, 6.07) is 4.08. The van der Waals surface area contributed by atoms with Crippen molar-refractivity contribution in [2.75, 3.05) is 6.26 Å². The summed E-state index contributed by atoms with van der Waals surface area (Å²) in [5.41, 5.74) is 1.05. The second kappa shape index (κ2) is 4.31. The number of benzene rings is 1. The Kier molecular flexibility index (Phi) is 3.27. The minimum absolute atomic E-state index is 0.475. The summed E-state index contributed by atoms with van der Waals surface area (Å²) in [7, 11) is 0. The van der Waals surface area contributed by atoms with Crippen LogP contribution in [-0.4, -0.2) is 6.26 Å². The minimum Gasteiger partial charge on any atom is -0.143 e. The largest absolute Gasteiger partial charge is 0.143 e. The standard InChI is InChI=1S/C10H8Cl2S2/c1-13-10-7(5-11)8(12)4-6-2-3-14-9(6)10/h2-4H,5H2,1H3. The molecule has 0 saturated heterocycles. The quantitative estimate of drug-likeness (QED) is 0.541. The Labute approximate surface area is 101 Å².